The molecule has 3 aromatic rings. The van der Waals surface area contributed by atoms with Crippen LogP contribution in [0.4, 0.5) is 8.78 Å². The molecule has 1 unspecified atom stereocenters. The number of benzene rings is 2. The van der Waals surface area contributed by atoms with Gasteiger partial charge in [-0.1, -0.05) is 42.0 Å². The van der Waals surface area contributed by atoms with Crippen LogP contribution in [0.3, 0.4) is 0 Å². The number of aromatic nitrogens is 2. The Balaban J connectivity index is 1.54. The molecule has 1 aliphatic heterocycles. The lowest BCUT2D eigenvalue weighted by molar-refractivity contribution is 0.196. The van der Waals surface area contributed by atoms with E-state index in [2.05, 4.69) is 46.3 Å². The van der Waals surface area contributed by atoms with Gasteiger partial charge in [0.1, 0.15) is 0 Å². The fourth-order valence-corrected chi connectivity index (χ4v) is 4.00. The van der Waals surface area contributed by atoms with Crippen LogP contribution in [0.1, 0.15) is 35.6 Å². The highest BCUT2D eigenvalue weighted by molar-refractivity contribution is 5.66. The number of H-pyrrole nitrogens is 1. The van der Waals surface area contributed by atoms with Crippen LogP contribution >= 0.6 is 0 Å². The van der Waals surface area contributed by atoms with E-state index in [1.807, 2.05) is 6.20 Å². The van der Waals surface area contributed by atoms with Gasteiger partial charge in [-0.2, -0.15) is 5.10 Å². The summed E-state index contributed by atoms with van der Waals surface area (Å²) in [6, 6.07) is 12.8. The predicted octanol–water partition coefficient (Wildman–Crippen LogP) is 5.04. The molecule has 1 atom stereocenters. The van der Waals surface area contributed by atoms with E-state index in [9.17, 15) is 8.78 Å². The van der Waals surface area contributed by atoms with E-state index in [-0.39, 0.29) is 0 Å². The van der Waals surface area contributed by atoms with Crippen LogP contribution < -0.4 is 0 Å². The van der Waals surface area contributed by atoms with Crippen molar-refractivity contribution in [3.05, 3.63) is 77.1 Å². The SMILES string of the molecule is Cc1cccc(-c2cn[nH]c2C2CCCN(Cc3cccc(F)c3F)C2)c1. The van der Waals surface area contributed by atoms with Crippen LogP contribution in [0, 0.1) is 18.6 Å². The zero-order chi connectivity index (χ0) is 18.8. The molecule has 1 aromatic heterocycles. The molecule has 0 bridgehead atoms. The highest BCUT2D eigenvalue weighted by atomic mass is 19.2. The van der Waals surface area contributed by atoms with Gasteiger partial charge in [0.15, 0.2) is 11.6 Å². The molecular formula is C22H23F2N3. The highest BCUT2D eigenvalue weighted by Crippen LogP contribution is 2.33. The van der Waals surface area contributed by atoms with Crippen molar-refractivity contribution >= 4 is 0 Å². The molecule has 0 aliphatic carbocycles. The molecule has 0 radical (unpaired) electrons. The lowest BCUT2D eigenvalue weighted by Gasteiger charge is -2.32. The minimum Gasteiger partial charge on any atom is -0.298 e. The van der Waals surface area contributed by atoms with Crippen LogP contribution in [-0.4, -0.2) is 28.2 Å². The van der Waals surface area contributed by atoms with Crippen molar-refractivity contribution < 1.29 is 8.78 Å². The second-order valence-corrected chi connectivity index (χ2v) is 7.35. The van der Waals surface area contributed by atoms with Gasteiger partial charge < -0.3 is 0 Å². The normalized spacial score (nSPS) is 18.0. The van der Waals surface area contributed by atoms with Crippen molar-refractivity contribution in [2.24, 2.45) is 0 Å². The van der Waals surface area contributed by atoms with Crippen LogP contribution in [0.5, 0.6) is 0 Å². The summed E-state index contributed by atoms with van der Waals surface area (Å²) < 4.78 is 27.5. The quantitative estimate of drug-likeness (QED) is 0.700. The maximum atomic E-state index is 14.0. The van der Waals surface area contributed by atoms with Crippen molar-refractivity contribution in [1.82, 2.24) is 15.1 Å². The molecule has 2 aromatic carbocycles. The van der Waals surface area contributed by atoms with E-state index in [0.717, 1.165) is 48.8 Å². The number of aromatic amines is 1. The number of halogens is 2. The van der Waals surface area contributed by atoms with Gasteiger partial charge in [0, 0.05) is 35.8 Å². The zero-order valence-electron chi connectivity index (χ0n) is 15.4. The third-order valence-corrected chi connectivity index (χ3v) is 5.34. The smallest absolute Gasteiger partial charge is 0.163 e. The molecule has 0 amide bonds. The Morgan fingerprint density at radius 1 is 1.19 bits per heavy atom. The van der Waals surface area contributed by atoms with E-state index >= 15 is 0 Å². The topological polar surface area (TPSA) is 31.9 Å². The van der Waals surface area contributed by atoms with Gasteiger partial charge in [-0.25, -0.2) is 8.78 Å². The minimum absolute atomic E-state index is 0.299. The summed E-state index contributed by atoms with van der Waals surface area (Å²) in [7, 11) is 0. The van der Waals surface area contributed by atoms with Crippen molar-refractivity contribution in [2.45, 2.75) is 32.2 Å². The van der Waals surface area contributed by atoms with Crippen LogP contribution in [0.2, 0.25) is 0 Å². The Kier molecular flexibility index (Phi) is 5.03. The number of nitrogens with zero attached hydrogens (tertiary/aromatic N) is 2. The second kappa shape index (κ2) is 7.61. The summed E-state index contributed by atoms with van der Waals surface area (Å²) >= 11 is 0. The third kappa shape index (κ3) is 3.78. The standard InChI is InChI=1S/C22H23F2N3/c1-15-5-2-6-16(11-15)19-12-25-26-22(19)18-8-4-10-27(14-18)13-17-7-3-9-20(23)21(17)24/h2-3,5-7,9,11-12,18H,4,8,10,13-14H2,1H3,(H,25,26). The van der Waals surface area contributed by atoms with E-state index in [4.69, 9.17) is 0 Å². The van der Waals surface area contributed by atoms with Crippen LogP contribution in [-0.2, 0) is 6.54 Å². The first kappa shape index (κ1) is 17.9. The maximum absolute atomic E-state index is 14.0. The number of piperidine rings is 1. The number of nitrogens with one attached hydrogen (secondary N) is 1. The number of likely N-dealkylation sites (tertiary alicyclic amines) is 1. The molecule has 4 rings (SSSR count). The fourth-order valence-electron chi connectivity index (χ4n) is 4.00. The Labute approximate surface area is 158 Å². The fraction of sp³-hybridized carbons (Fsp3) is 0.318. The zero-order valence-corrected chi connectivity index (χ0v) is 15.4. The summed E-state index contributed by atoms with van der Waals surface area (Å²) in [5.41, 5.74) is 5.05. The van der Waals surface area contributed by atoms with Gasteiger partial charge in [0.25, 0.3) is 0 Å². The molecule has 2 heterocycles. The van der Waals surface area contributed by atoms with Crippen molar-refractivity contribution in [3.63, 3.8) is 0 Å². The molecule has 140 valence electrons. The molecule has 0 spiro atoms. The van der Waals surface area contributed by atoms with Crippen molar-refractivity contribution in [2.75, 3.05) is 13.1 Å². The monoisotopic (exact) mass is 367 g/mol. The molecule has 3 nitrogen and oxygen atoms in total. The Morgan fingerprint density at radius 3 is 2.89 bits per heavy atom. The average Bonchev–Trinajstić information content (AvgIpc) is 3.16. The van der Waals surface area contributed by atoms with Gasteiger partial charge in [-0.05, 0) is 37.9 Å². The van der Waals surface area contributed by atoms with Crippen LogP contribution in [0.15, 0.2) is 48.7 Å². The van der Waals surface area contributed by atoms with Crippen molar-refractivity contribution in [1.29, 1.82) is 0 Å². The summed E-state index contributed by atoms with van der Waals surface area (Å²) in [6.07, 6.45) is 3.96. The van der Waals surface area contributed by atoms with E-state index in [1.165, 1.54) is 5.56 Å². The molecule has 5 heteroatoms. The molecule has 1 fully saturated rings. The number of hydrogen-bond donors (Lipinski definition) is 1. The average molecular weight is 367 g/mol. The van der Waals surface area contributed by atoms with Crippen LogP contribution in [0.25, 0.3) is 11.1 Å². The molecule has 27 heavy (non-hydrogen) atoms. The first-order valence-corrected chi connectivity index (χ1v) is 9.37. The van der Waals surface area contributed by atoms with E-state index in [1.54, 1.807) is 12.1 Å². The lowest BCUT2D eigenvalue weighted by atomic mass is 9.90. The van der Waals surface area contributed by atoms with Crippen molar-refractivity contribution in [3.8, 4) is 11.1 Å². The lowest BCUT2D eigenvalue weighted by Crippen LogP contribution is -2.34. The second-order valence-electron chi connectivity index (χ2n) is 7.35. The highest BCUT2D eigenvalue weighted by Gasteiger charge is 2.26. The Bertz CT molecular complexity index is 935. The summed E-state index contributed by atoms with van der Waals surface area (Å²) in [6.45, 7) is 4.20. The molecule has 1 aliphatic rings. The van der Waals surface area contributed by atoms with Gasteiger partial charge >= 0.3 is 0 Å². The van der Waals surface area contributed by atoms with Gasteiger partial charge in [-0.15, -0.1) is 0 Å². The van der Waals surface area contributed by atoms with Gasteiger partial charge in [0.05, 0.1) is 6.20 Å². The first-order chi connectivity index (χ1) is 13.1. The number of aryl methyl sites for hydroxylation is 1. The largest absolute Gasteiger partial charge is 0.298 e. The van der Waals surface area contributed by atoms with E-state index < -0.39 is 11.6 Å². The summed E-state index contributed by atoms with van der Waals surface area (Å²) in [5, 5.41) is 7.47. The van der Waals surface area contributed by atoms with Gasteiger partial charge in [-0.3, -0.25) is 10.00 Å². The van der Waals surface area contributed by atoms with E-state index in [0.29, 0.717) is 18.0 Å². The third-order valence-electron chi connectivity index (χ3n) is 5.34. The minimum atomic E-state index is -0.781. The number of hydrogen-bond acceptors (Lipinski definition) is 2. The summed E-state index contributed by atoms with van der Waals surface area (Å²) in [4.78, 5) is 2.20. The molecule has 1 saturated heterocycles. The first-order valence-electron chi connectivity index (χ1n) is 9.37. The molecular weight excluding hydrogens is 344 g/mol. The summed E-state index contributed by atoms with van der Waals surface area (Å²) in [5.74, 6) is -1.22. The Hall–Kier alpha value is -2.53. The molecule has 1 N–H and O–H groups in total. The maximum Gasteiger partial charge on any atom is 0.163 e. The number of rotatable bonds is 4. The molecule has 0 saturated carbocycles. The van der Waals surface area contributed by atoms with Gasteiger partial charge in [0.2, 0.25) is 0 Å². The Morgan fingerprint density at radius 2 is 2.04 bits per heavy atom. The predicted molar refractivity (Wildman–Crippen MR) is 102 cm³/mol.